The first-order valence-electron chi connectivity index (χ1n) is 4.86. The zero-order valence-electron chi connectivity index (χ0n) is 8.49. The second kappa shape index (κ2) is 4.01. The molecule has 1 aromatic carbocycles. The van der Waals surface area contributed by atoms with Crippen molar-refractivity contribution in [2.75, 3.05) is 6.61 Å². The summed E-state index contributed by atoms with van der Waals surface area (Å²) in [7, 11) is 0. The quantitative estimate of drug-likeness (QED) is 0.739. The molecule has 74 valence electrons. The van der Waals surface area contributed by atoms with Crippen LogP contribution in [0.1, 0.15) is 13.8 Å². The van der Waals surface area contributed by atoms with Crippen molar-refractivity contribution in [3.05, 3.63) is 29.6 Å². The molecule has 1 heterocycles. The minimum atomic E-state index is 0.578. The predicted octanol–water partition coefficient (Wildman–Crippen LogP) is 3.94. The first-order chi connectivity index (χ1) is 6.75. The molecule has 0 radical (unpaired) electrons. The van der Waals surface area contributed by atoms with Crippen LogP contribution in [0.5, 0.6) is 5.75 Å². The predicted molar refractivity (Wildman–Crippen MR) is 62.2 cm³/mol. The standard InChI is InChI=1S/C12H14OS/c1-9(2)8-13-11-4-3-10-5-6-14-12(10)7-11/h3-7,9H,8H2,1-2H3. The van der Waals surface area contributed by atoms with E-state index in [4.69, 9.17) is 4.74 Å². The van der Waals surface area contributed by atoms with Crippen molar-refractivity contribution in [1.29, 1.82) is 0 Å². The average molecular weight is 206 g/mol. The molecule has 0 fully saturated rings. The summed E-state index contributed by atoms with van der Waals surface area (Å²) in [6.07, 6.45) is 0. The lowest BCUT2D eigenvalue weighted by Gasteiger charge is -2.08. The van der Waals surface area contributed by atoms with Gasteiger partial charge in [0.25, 0.3) is 0 Å². The van der Waals surface area contributed by atoms with Gasteiger partial charge >= 0.3 is 0 Å². The van der Waals surface area contributed by atoms with Crippen LogP contribution in [0, 0.1) is 5.92 Å². The molecule has 1 nitrogen and oxygen atoms in total. The van der Waals surface area contributed by atoms with Crippen LogP contribution in [-0.2, 0) is 0 Å². The number of rotatable bonds is 3. The molecule has 2 aromatic rings. The molecular formula is C12H14OS. The average Bonchev–Trinajstić information content (AvgIpc) is 2.61. The van der Waals surface area contributed by atoms with Gasteiger partial charge in [-0.3, -0.25) is 0 Å². The first kappa shape index (κ1) is 9.53. The zero-order chi connectivity index (χ0) is 9.97. The van der Waals surface area contributed by atoms with Gasteiger partial charge in [-0.15, -0.1) is 11.3 Å². The van der Waals surface area contributed by atoms with E-state index in [1.807, 2.05) is 6.07 Å². The molecule has 0 spiro atoms. The Kier molecular flexibility index (Phi) is 2.73. The van der Waals surface area contributed by atoms with Crippen molar-refractivity contribution >= 4 is 21.4 Å². The maximum Gasteiger partial charge on any atom is 0.120 e. The molecule has 1 aromatic heterocycles. The van der Waals surface area contributed by atoms with Crippen LogP contribution in [0.25, 0.3) is 10.1 Å². The van der Waals surface area contributed by atoms with Crippen molar-refractivity contribution in [2.45, 2.75) is 13.8 Å². The molecular weight excluding hydrogens is 192 g/mol. The molecule has 0 aliphatic rings. The van der Waals surface area contributed by atoms with E-state index in [2.05, 4.69) is 37.4 Å². The molecule has 0 saturated carbocycles. The normalized spacial score (nSPS) is 11.1. The van der Waals surface area contributed by atoms with Crippen molar-refractivity contribution in [3.63, 3.8) is 0 Å². The van der Waals surface area contributed by atoms with E-state index < -0.39 is 0 Å². The number of fused-ring (bicyclic) bond motifs is 1. The van der Waals surface area contributed by atoms with Crippen LogP contribution in [-0.4, -0.2) is 6.61 Å². The fourth-order valence-corrected chi connectivity index (χ4v) is 2.11. The van der Waals surface area contributed by atoms with Crippen LogP contribution in [0.4, 0.5) is 0 Å². The summed E-state index contributed by atoms with van der Waals surface area (Å²) in [5.41, 5.74) is 0. The summed E-state index contributed by atoms with van der Waals surface area (Å²) in [6.45, 7) is 5.10. The second-order valence-corrected chi connectivity index (χ2v) is 4.77. The molecule has 2 rings (SSSR count). The molecule has 0 saturated heterocycles. The van der Waals surface area contributed by atoms with E-state index in [-0.39, 0.29) is 0 Å². The van der Waals surface area contributed by atoms with E-state index in [1.54, 1.807) is 11.3 Å². The molecule has 0 atom stereocenters. The monoisotopic (exact) mass is 206 g/mol. The van der Waals surface area contributed by atoms with Gasteiger partial charge in [-0.25, -0.2) is 0 Å². The molecule has 0 unspecified atom stereocenters. The molecule has 0 bridgehead atoms. The fraction of sp³-hybridized carbons (Fsp3) is 0.333. The Hall–Kier alpha value is -1.02. The summed E-state index contributed by atoms with van der Waals surface area (Å²) in [5.74, 6) is 1.56. The SMILES string of the molecule is CC(C)COc1ccc2ccsc2c1. The zero-order valence-corrected chi connectivity index (χ0v) is 9.30. The smallest absolute Gasteiger partial charge is 0.120 e. The lowest BCUT2D eigenvalue weighted by Crippen LogP contribution is -2.04. The molecule has 2 heteroatoms. The highest BCUT2D eigenvalue weighted by molar-refractivity contribution is 7.17. The van der Waals surface area contributed by atoms with Gasteiger partial charge in [0.2, 0.25) is 0 Å². The van der Waals surface area contributed by atoms with E-state index in [0.29, 0.717) is 5.92 Å². The number of hydrogen-bond donors (Lipinski definition) is 0. The van der Waals surface area contributed by atoms with Crippen molar-refractivity contribution in [3.8, 4) is 5.75 Å². The van der Waals surface area contributed by atoms with Gasteiger partial charge in [-0.2, -0.15) is 0 Å². The number of thiophene rings is 1. The lowest BCUT2D eigenvalue weighted by atomic mass is 10.2. The highest BCUT2D eigenvalue weighted by Crippen LogP contribution is 2.25. The lowest BCUT2D eigenvalue weighted by molar-refractivity contribution is 0.271. The molecule has 0 N–H and O–H groups in total. The fourth-order valence-electron chi connectivity index (χ4n) is 1.29. The highest BCUT2D eigenvalue weighted by atomic mass is 32.1. The Morgan fingerprint density at radius 3 is 2.93 bits per heavy atom. The number of ether oxygens (including phenoxy) is 1. The van der Waals surface area contributed by atoms with Gasteiger partial charge in [0.1, 0.15) is 5.75 Å². The van der Waals surface area contributed by atoms with Gasteiger partial charge in [-0.05, 0) is 40.9 Å². The van der Waals surface area contributed by atoms with Crippen LogP contribution in [0.3, 0.4) is 0 Å². The van der Waals surface area contributed by atoms with Crippen LogP contribution in [0.15, 0.2) is 29.6 Å². The maximum absolute atomic E-state index is 5.65. The minimum absolute atomic E-state index is 0.578. The van der Waals surface area contributed by atoms with E-state index in [1.165, 1.54) is 10.1 Å². The topological polar surface area (TPSA) is 9.23 Å². The van der Waals surface area contributed by atoms with Crippen molar-refractivity contribution in [2.24, 2.45) is 5.92 Å². The largest absolute Gasteiger partial charge is 0.493 e. The van der Waals surface area contributed by atoms with Gasteiger partial charge in [-0.1, -0.05) is 13.8 Å². The van der Waals surface area contributed by atoms with Gasteiger partial charge in [0, 0.05) is 4.70 Å². The van der Waals surface area contributed by atoms with Crippen LogP contribution in [0.2, 0.25) is 0 Å². The summed E-state index contributed by atoms with van der Waals surface area (Å²) >= 11 is 1.76. The maximum atomic E-state index is 5.65. The van der Waals surface area contributed by atoms with Gasteiger partial charge in [0.15, 0.2) is 0 Å². The van der Waals surface area contributed by atoms with E-state index in [9.17, 15) is 0 Å². The summed E-state index contributed by atoms with van der Waals surface area (Å²) in [6, 6.07) is 8.40. The summed E-state index contributed by atoms with van der Waals surface area (Å²) < 4.78 is 6.95. The Bertz CT molecular complexity index is 417. The third-order valence-corrected chi connectivity index (χ3v) is 2.89. The van der Waals surface area contributed by atoms with Crippen molar-refractivity contribution < 1.29 is 4.74 Å². The highest BCUT2D eigenvalue weighted by Gasteiger charge is 1.99. The number of hydrogen-bond acceptors (Lipinski definition) is 2. The van der Waals surface area contributed by atoms with E-state index in [0.717, 1.165) is 12.4 Å². The first-order valence-corrected chi connectivity index (χ1v) is 5.74. The van der Waals surface area contributed by atoms with Gasteiger partial charge in [0.05, 0.1) is 6.61 Å². The summed E-state index contributed by atoms with van der Waals surface area (Å²) in [4.78, 5) is 0. The Morgan fingerprint density at radius 1 is 1.29 bits per heavy atom. The molecule has 0 aliphatic carbocycles. The number of benzene rings is 1. The Balaban J connectivity index is 2.17. The van der Waals surface area contributed by atoms with Crippen LogP contribution < -0.4 is 4.74 Å². The van der Waals surface area contributed by atoms with Crippen molar-refractivity contribution in [1.82, 2.24) is 0 Å². The Morgan fingerprint density at radius 2 is 2.14 bits per heavy atom. The van der Waals surface area contributed by atoms with E-state index >= 15 is 0 Å². The van der Waals surface area contributed by atoms with Gasteiger partial charge < -0.3 is 4.74 Å². The molecule has 14 heavy (non-hydrogen) atoms. The second-order valence-electron chi connectivity index (χ2n) is 3.83. The summed E-state index contributed by atoms with van der Waals surface area (Å²) in [5, 5.41) is 3.41. The Labute approximate surface area is 88.3 Å². The molecule has 0 aliphatic heterocycles. The minimum Gasteiger partial charge on any atom is -0.493 e. The third-order valence-electron chi connectivity index (χ3n) is 2.01. The molecule has 0 amide bonds. The van der Waals surface area contributed by atoms with Crippen LogP contribution >= 0.6 is 11.3 Å². The third kappa shape index (κ3) is 2.07.